The largest absolute Gasteiger partial charge is 0.469 e. The third-order valence-electron chi connectivity index (χ3n) is 2.26. The number of ketones is 1. The highest BCUT2D eigenvalue weighted by atomic mass is 32.1. The van der Waals surface area contributed by atoms with Gasteiger partial charge in [-0.25, -0.2) is 0 Å². The van der Waals surface area contributed by atoms with E-state index in [1.165, 1.54) is 4.88 Å². The summed E-state index contributed by atoms with van der Waals surface area (Å²) in [5.41, 5.74) is 0. The standard InChI is InChI=1S/C12H12O2S/c1-9(13)8-10(11-4-2-6-14-11)12-5-3-7-15-12/h2-7,10H,8H2,1H3. The number of carbonyl (C=O) groups excluding carboxylic acids is 1. The van der Waals surface area contributed by atoms with Crippen LogP contribution in [-0.4, -0.2) is 5.78 Å². The van der Waals surface area contributed by atoms with Crippen LogP contribution in [0.25, 0.3) is 0 Å². The Labute approximate surface area is 92.5 Å². The maximum Gasteiger partial charge on any atom is 0.130 e. The summed E-state index contributed by atoms with van der Waals surface area (Å²) >= 11 is 1.66. The Morgan fingerprint density at radius 2 is 2.33 bits per heavy atom. The molecule has 0 N–H and O–H groups in total. The highest BCUT2D eigenvalue weighted by Crippen LogP contribution is 2.31. The summed E-state index contributed by atoms with van der Waals surface area (Å²) in [7, 11) is 0. The van der Waals surface area contributed by atoms with Gasteiger partial charge in [0.2, 0.25) is 0 Å². The summed E-state index contributed by atoms with van der Waals surface area (Å²) < 4.78 is 5.37. The first kappa shape index (κ1) is 10.2. The Morgan fingerprint density at radius 1 is 1.47 bits per heavy atom. The molecule has 1 atom stereocenters. The van der Waals surface area contributed by atoms with Crippen molar-refractivity contribution in [3.05, 3.63) is 46.5 Å². The van der Waals surface area contributed by atoms with E-state index in [1.807, 2.05) is 29.6 Å². The lowest BCUT2D eigenvalue weighted by molar-refractivity contribution is -0.117. The Balaban J connectivity index is 2.29. The zero-order valence-corrected chi connectivity index (χ0v) is 9.29. The zero-order valence-electron chi connectivity index (χ0n) is 8.47. The van der Waals surface area contributed by atoms with Gasteiger partial charge in [0, 0.05) is 11.3 Å². The number of hydrogen-bond donors (Lipinski definition) is 0. The number of rotatable bonds is 4. The molecule has 2 nitrogen and oxygen atoms in total. The van der Waals surface area contributed by atoms with Crippen molar-refractivity contribution in [1.82, 2.24) is 0 Å². The van der Waals surface area contributed by atoms with Gasteiger partial charge in [0.1, 0.15) is 11.5 Å². The van der Waals surface area contributed by atoms with Crippen LogP contribution in [0.3, 0.4) is 0 Å². The van der Waals surface area contributed by atoms with Crippen molar-refractivity contribution in [1.29, 1.82) is 0 Å². The van der Waals surface area contributed by atoms with Crippen LogP contribution in [-0.2, 0) is 4.79 Å². The lowest BCUT2D eigenvalue weighted by atomic mass is 9.98. The first-order valence-corrected chi connectivity index (χ1v) is 5.71. The molecule has 2 rings (SSSR count). The summed E-state index contributed by atoms with van der Waals surface area (Å²) in [6, 6.07) is 7.82. The molecule has 0 spiro atoms. The van der Waals surface area contributed by atoms with Crippen molar-refractivity contribution in [2.75, 3.05) is 0 Å². The minimum atomic E-state index is 0.0810. The highest BCUT2D eigenvalue weighted by molar-refractivity contribution is 7.10. The first-order valence-electron chi connectivity index (χ1n) is 4.83. The van der Waals surface area contributed by atoms with E-state index in [-0.39, 0.29) is 11.7 Å². The summed E-state index contributed by atoms with van der Waals surface area (Å²) in [5, 5.41) is 2.02. The first-order chi connectivity index (χ1) is 7.27. The highest BCUT2D eigenvalue weighted by Gasteiger charge is 2.19. The van der Waals surface area contributed by atoms with Crippen LogP contribution in [0, 0.1) is 0 Å². The van der Waals surface area contributed by atoms with Gasteiger partial charge in [0.15, 0.2) is 0 Å². The number of Topliss-reactive ketones (excluding diaryl/α,β-unsaturated/α-hetero) is 1. The second-order valence-electron chi connectivity index (χ2n) is 3.49. The van der Waals surface area contributed by atoms with Crippen molar-refractivity contribution in [3.63, 3.8) is 0 Å². The number of hydrogen-bond acceptors (Lipinski definition) is 3. The average Bonchev–Trinajstić information content (AvgIpc) is 2.87. The SMILES string of the molecule is CC(=O)CC(c1ccco1)c1cccs1. The zero-order chi connectivity index (χ0) is 10.7. The molecule has 0 aliphatic rings. The van der Waals surface area contributed by atoms with Crippen LogP contribution in [0.15, 0.2) is 40.3 Å². The van der Waals surface area contributed by atoms with Crippen molar-refractivity contribution in [2.45, 2.75) is 19.3 Å². The topological polar surface area (TPSA) is 30.2 Å². The maximum absolute atomic E-state index is 11.2. The summed E-state index contributed by atoms with van der Waals surface area (Å²) in [4.78, 5) is 12.4. The third kappa shape index (κ3) is 2.36. The molecule has 0 aliphatic carbocycles. The lowest BCUT2D eigenvalue weighted by Gasteiger charge is -2.10. The minimum Gasteiger partial charge on any atom is -0.469 e. The average molecular weight is 220 g/mol. The van der Waals surface area contributed by atoms with E-state index in [9.17, 15) is 4.79 Å². The molecule has 1 unspecified atom stereocenters. The second-order valence-corrected chi connectivity index (χ2v) is 4.47. The molecule has 0 fully saturated rings. The Hall–Kier alpha value is -1.35. The molecule has 0 radical (unpaired) electrons. The van der Waals surface area contributed by atoms with Crippen molar-refractivity contribution >= 4 is 17.1 Å². The molecule has 2 aromatic heterocycles. The van der Waals surface area contributed by atoms with E-state index in [0.29, 0.717) is 6.42 Å². The molecule has 0 saturated heterocycles. The van der Waals surface area contributed by atoms with E-state index in [2.05, 4.69) is 0 Å². The Kier molecular flexibility index (Phi) is 3.02. The van der Waals surface area contributed by atoms with Gasteiger partial charge in [-0.3, -0.25) is 4.79 Å². The fourth-order valence-corrected chi connectivity index (χ4v) is 2.44. The van der Waals surface area contributed by atoms with Gasteiger partial charge in [-0.05, 0) is 30.5 Å². The number of carbonyl (C=O) groups is 1. The van der Waals surface area contributed by atoms with E-state index < -0.39 is 0 Å². The molecule has 0 amide bonds. The van der Waals surface area contributed by atoms with Crippen LogP contribution in [0.2, 0.25) is 0 Å². The molecule has 3 heteroatoms. The predicted octanol–water partition coefficient (Wildman–Crippen LogP) is 3.45. The van der Waals surface area contributed by atoms with Gasteiger partial charge < -0.3 is 4.42 Å². The summed E-state index contributed by atoms with van der Waals surface area (Å²) in [5.74, 6) is 1.13. The molecule has 2 heterocycles. The summed E-state index contributed by atoms with van der Waals surface area (Å²) in [6.45, 7) is 1.61. The molecule has 78 valence electrons. The second kappa shape index (κ2) is 4.45. The Bertz CT molecular complexity index is 380. The van der Waals surface area contributed by atoms with Crippen LogP contribution >= 0.6 is 11.3 Å². The van der Waals surface area contributed by atoms with Gasteiger partial charge in [-0.2, -0.15) is 0 Å². The van der Waals surface area contributed by atoms with E-state index in [4.69, 9.17) is 4.42 Å². The van der Waals surface area contributed by atoms with Crippen molar-refractivity contribution in [3.8, 4) is 0 Å². The van der Waals surface area contributed by atoms with Crippen LogP contribution in [0.4, 0.5) is 0 Å². The van der Waals surface area contributed by atoms with Crippen molar-refractivity contribution in [2.24, 2.45) is 0 Å². The Morgan fingerprint density at radius 3 is 2.87 bits per heavy atom. The monoisotopic (exact) mass is 220 g/mol. The van der Waals surface area contributed by atoms with Crippen LogP contribution in [0.1, 0.15) is 29.9 Å². The van der Waals surface area contributed by atoms with E-state index in [0.717, 1.165) is 5.76 Å². The molecule has 0 bridgehead atoms. The predicted molar refractivity (Wildman–Crippen MR) is 60.2 cm³/mol. The van der Waals surface area contributed by atoms with Gasteiger partial charge >= 0.3 is 0 Å². The molecule has 0 aliphatic heterocycles. The van der Waals surface area contributed by atoms with Gasteiger partial charge in [-0.15, -0.1) is 11.3 Å². The number of thiophene rings is 1. The normalized spacial score (nSPS) is 12.6. The fourth-order valence-electron chi connectivity index (χ4n) is 1.61. The van der Waals surface area contributed by atoms with Crippen LogP contribution < -0.4 is 0 Å². The molecule has 0 aromatic carbocycles. The molecule has 2 aromatic rings. The van der Waals surface area contributed by atoms with E-state index in [1.54, 1.807) is 24.5 Å². The molecular weight excluding hydrogens is 208 g/mol. The smallest absolute Gasteiger partial charge is 0.130 e. The van der Waals surface area contributed by atoms with Gasteiger partial charge in [0.05, 0.1) is 12.2 Å². The molecular formula is C12H12O2S. The van der Waals surface area contributed by atoms with E-state index >= 15 is 0 Å². The van der Waals surface area contributed by atoms with Crippen LogP contribution in [0.5, 0.6) is 0 Å². The maximum atomic E-state index is 11.2. The van der Waals surface area contributed by atoms with Crippen molar-refractivity contribution < 1.29 is 9.21 Å². The molecule has 0 saturated carbocycles. The lowest BCUT2D eigenvalue weighted by Crippen LogP contribution is -2.03. The van der Waals surface area contributed by atoms with Gasteiger partial charge in [0.25, 0.3) is 0 Å². The summed E-state index contributed by atoms with van der Waals surface area (Å²) in [6.07, 6.45) is 2.16. The fraction of sp³-hybridized carbons (Fsp3) is 0.250. The quantitative estimate of drug-likeness (QED) is 0.790. The minimum absolute atomic E-state index is 0.0810. The molecule has 15 heavy (non-hydrogen) atoms. The number of furan rings is 1. The van der Waals surface area contributed by atoms with Gasteiger partial charge in [-0.1, -0.05) is 6.07 Å². The third-order valence-corrected chi connectivity index (χ3v) is 3.25.